The fourth-order valence-electron chi connectivity index (χ4n) is 2.38. The molecular weight excluding hydrogens is 575 g/mol. The zero-order valence-electron chi connectivity index (χ0n) is 18.8. The number of alkyl halides is 3. The number of nitrogens with one attached hydrogen (secondary N) is 1. The van der Waals surface area contributed by atoms with E-state index in [0.717, 1.165) is 14.8 Å². The van der Waals surface area contributed by atoms with Gasteiger partial charge in [-0.2, -0.15) is 13.2 Å². The van der Waals surface area contributed by atoms with Gasteiger partial charge >= 0.3 is 18.1 Å². The van der Waals surface area contributed by atoms with Gasteiger partial charge in [0, 0.05) is 33.6 Å². The summed E-state index contributed by atoms with van der Waals surface area (Å²) in [6, 6.07) is 7.27. The van der Waals surface area contributed by atoms with Crippen molar-refractivity contribution in [2.24, 2.45) is 5.73 Å². The van der Waals surface area contributed by atoms with Gasteiger partial charge in [0.25, 0.3) is 5.91 Å². The number of rotatable bonds is 13. The number of benzene rings is 1. The molecule has 200 valence electrons. The number of nitrogens with two attached hydrogens (primary N) is 1. The number of pyridine rings is 1. The molecule has 0 atom stereocenters. The molecule has 0 fully saturated rings. The third-order valence-corrected chi connectivity index (χ3v) is 5.50. The minimum absolute atomic E-state index is 0.0380. The fraction of sp³-hybridized carbons (Fsp3) is 0.429. The molecule has 0 saturated carbocycles. The van der Waals surface area contributed by atoms with Crippen LogP contribution in [-0.4, -0.2) is 84.5 Å². The number of hydrogen-bond donors (Lipinski definition) is 4. The number of carbonyl (C=O) groups excluding carboxylic acids is 1. The van der Waals surface area contributed by atoms with Crippen molar-refractivity contribution in [3.8, 4) is 0 Å². The van der Waals surface area contributed by atoms with E-state index in [1.54, 1.807) is 6.07 Å². The van der Waals surface area contributed by atoms with Gasteiger partial charge < -0.3 is 30.7 Å². The fourth-order valence-corrected chi connectivity index (χ4v) is 3.76. The average Bonchev–Trinajstić information content (AvgIpc) is 2.80. The SMILES string of the molecule is NCCOCCOCCNC(=O)c1cc(SCCC(=O)O)c2cc(Br)ccc2n1.O=C(O)C(F)(F)F. The van der Waals surface area contributed by atoms with Crippen molar-refractivity contribution < 1.29 is 47.2 Å². The summed E-state index contributed by atoms with van der Waals surface area (Å²) in [7, 11) is 0. The number of nitrogens with zero attached hydrogens (tertiary/aromatic N) is 1. The maximum absolute atomic E-state index is 12.5. The van der Waals surface area contributed by atoms with E-state index >= 15 is 0 Å². The van der Waals surface area contributed by atoms with Crippen molar-refractivity contribution in [1.82, 2.24) is 10.3 Å². The molecule has 0 aliphatic rings. The Morgan fingerprint density at radius 1 is 1.08 bits per heavy atom. The zero-order valence-corrected chi connectivity index (χ0v) is 21.2. The van der Waals surface area contributed by atoms with Gasteiger partial charge in [-0.3, -0.25) is 9.59 Å². The third kappa shape index (κ3) is 12.5. The Morgan fingerprint density at radius 2 is 1.72 bits per heavy atom. The second-order valence-electron chi connectivity index (χ2n) is 6.73. The maximum atomic E-state index is 12.5. The van der Waals surface area contributed by atoms with Crippen molar-refractivity contribution in [2.45, 2.75) is 17.5 Å². The highest BCUT2D eigenvalue weighted by Gasteiger charge is 2.38. The molecule has 0 spiro atoms. The number of aromatic nitrogens is 1. The van der Waals surface area contributed by atoms with Gasteiger partial charge in [0.1, 0.15) is 5.69 Å². The largest absolute Gasteiger partial charge is 0.490 e. The maximum Gasteiger partial charge on any atom is 0.490 e. The molecule has 2 rings (SSSR count). The molecule has 0 unspecified atom stereocenters. The summed E-state index contributed by atoms with van der Waals surface area (Å²) < 4.78 is 43.2. The molecule has 1 aromatic carbocycles. The van der Waals surface area contributed by atoms with E-state index in [0.29, 0.717) is 50.8 Å². The molecule has 2 aromatic rings. The van der Waals surface area contributed by atoms with Gasteiger partial charge in [-0.05, 0) is 24.3 Å². The smallest absolute Gasteiger partial charge is 0.481 e. The summed E-state index contributed by atoms with van der Waals surface area (Å²) >= 11 is 4.83. The third-order valence-electron chi connectivity index (χ3n) is 3.95. The van der Waals surface area contributed by atoms with E-state index in [1.165, 1.54) is 11.8 Å². The second-order valence-corrected chi connectivity index (χ2v) is 8.78. The minimum Gasteiger partial charge on any atom is -0.481 e. The standard InChI is InChI=1S/C19H24BrN3O5S.C2HF3O2/c20-13-1-2-15-14(11-13)17(29-10-3-18(24)25)12-16(23-15)19(26)22-5-7-28-9-8-27-6-4-21;3-2(4,5)1(6)7/h1-2,11-12H,3-10,21H2,(H,22,26)(H,24,25);(H,6,7). The quantitative estimate of drug-likeness (QED) is 0.199. The molecule has 0 radical (unpaired) electrons. The monoisotopic (exact) mass is 599 g/mol. The Hall–Kier alpha value is -2.46. The lowest BCUT2D eigenvalue weighted by atomic mass is 10.2. The van der Waals surface area contributed by atoms with Gasteiger partial charge in [0.05, 0.1) is 38.4 Å². The van der Waals surface area contributed by atoms with Crippen LogP contribution in [0, 0.1) is 0 Å². The van der Waals surface area contributed by atoms with Crippen molar-refractivity contribution in [3.63, 3.8) is 0 Å². The molecule has 0 saturated heterocycles. The summed E-state index contributed by atoms with van der Waals surface area (Å²) in [5, 5.41) is 19.6. The number of ether oxygens (including phenoxy) is 2. The molecule has 0 aliphatic heterocycles. The van der Waals surface area contributed by atoms with Crippen molar-refractivity contribution in [1.29, 1.82) is 0 Å². The molecule has 10 nitrogen and oxygen atoms in total. The number of hydrogen-bond acceptors (Lipinski definition) is 8. The normalized spacial score (nSPS) is 11.0. The van der Waals surface area contributed by atoms with E-state index in [4.69, 9.17) is 30.2 Å². The number of thioether (sulfide) groups is 1. The van der Waals surface area contributed by atoms with Gasteiger partial charge in [-0.15, -0.1) is 11.8 Å². The van der Waals surface area contributed by atoms with E-state index in [-0.39, 0.29) is 18.0 Å². The Labute approximate surface area is 216 Å². The number of carbonyl (C=O) groups is 3. The lowest BCUT2D eigenvalue weighted by molar-refractivity contribution is -0.192. The van der Waals surface area contributed by atoms with Crippen LogP contribution in [0.1, 0.15) is 16.9 Å². The Morgan fingerprint density at radius 3 is 2.31 bits per heavy atom. The molecular formula is C21H25BrF3N3O7S. The predicted octanol–water partition coefficient (Wildman–Crippen LogP) is 2.92. The first-order valence-corrected chi connectivity index (χ1v) is 12.1. The summed E-state index contributed by atoms with van der Waals surface area (Å²) in [5.41, 5.74) is 6.28. The van der Waals surface area contributed by atoms with Crippen LogP contribution < -0.4 is 11.1 Å². The van der Waals surface area contributed by atoms with Crippen molar-refractivity contribution in [2.75, 3.05) is 45.3 Å². The van der Waals surface area contributed by atoms with E-state index in [9.17, 15) is 22.8 Å². The van der Waals surface area contributed by atoms with Crippen LogP contribution in [0.5, 0.6) is 0 Å². The van der Waals surface area contributed by atoms with E-state index in [2.05, 4.69) is 26.2 Å². The summed E-state index contributed by atoms with van der Waals surface area (Å²) in [6.07, 6.45) is -5.05. The van der Waals surface area contributed by atoms with Crippen LogP contribution in [-0.2, 0) is 19.1 Å². The van der Waals surface area contributed by atoms with Gasteiger partial charge in [0.2, 0.25) is 0 Å². The highest BCUT2D eigenvalue weighted by molar-refractivity contribution is 9.10. The Balaban J connectivity index is 0.000000809. The number of aliphatic carboxylic acids is 2. The summed E-state index contributed by atoms with van der Waals surface area (Å²) in [4.78, 5) is 37.4. The summed E-state index contributed by atoms with van der Waals surface area (Å²) in [6.45, 7) is 2.57. The van der Waals surface area contributed by atoms with Crippen LogP contribution in [0.3, 0.4) is 0 Å². The second kappa shape index (κ2) is 16.3. The molecule has 0 aliphatic carbocycles. The number of carboxylic acid groups (broad SMARTS) is 2. The van der Waals surface area contributed by atoms with Gasteiger partial charge in [0.15, 0.2) is 0 Å². The lowest BCUT2D eigenvalue weighted by Gasteiger charge is -2.10. The van der Waals surface area contributed by atoms with E-state index < -0.39 is 18.1 Å². The van der Waals surface area contributed by atoms with Crippen molar-refractivity contribution >= 4 is 56.4 Å². The Kier molecular flexibility index (Phi) is 14.3. The number of fused-ring (bicyclic) bond motifs is 1. The molecule has 1 amide bonds. The predicted molar refractivity (Wildman–Crippen MR) is 129 cm³/mol. The average molecular weight is 600 g/mol. The summed E-state index contributed by atoms with van der Waals surface area (Å²) in [5.74, 6) is -3.52. The van der Waals surface area contributed by atoms with Crippen LogP contribution >= 0.6 is 27.7 Å². The Bertz CT molecular complexity index is 1030. The minimum atomic E-state index is -5.08. The molecule has 0 bridgehead atoms. The first-order valence-electron chi connectivity index (χ1n) is 10.3. The van der Waals surface area contributed by atoms with Crippen LogP contribution in [0.4, 0.5) is 13.2 Å². The lowest BCUT2D eigenvalue weighted by Crippen LogP contribution is -2.28. The molecule has 36 heavy (non-hydrogen) atoms. The topological polar surface area (TPSA) is 161 Å². The van der Waals surface area contributed by atoms with Crippen LogP contribution in [0.2, 0.25) is 0 Å². The van der Waals surface area contributed by atoms with Gasteiger partial charge in [-0.1, -0.05) is 15.9 Å². The number of amides is 1. The van der Waals surface area contributed by atoms with Gasteiger partial charge in [-0.25, -0.2) is 9.78 Å². The molecule has 5 N–H and O–H groups in total. The molecule has 1 aromatic heterocycles. The zero-order chi connectivity index (χ0) is 27.1. The van der Waals surface area contributed by atoms with E-state index in [1.807, 2.05) is 18.2 Å². The first-order chi connectivity index (χ1) is 17.0. The van der Waals surface area contributed by atoms with Crippen LogP contribution in [0.15, 0.2) is 33.6 Å². The number of carboxylic acids is 2. The van der Waals surface area contributed by atoms with Crippen LogP contribution in [0.25, 0.3) is 10.9 Å². The first kappa shape index (κ1) is 31.6. The van der Waals surface area contributed by atoms with Crippen molar-refractivity contribution in [3.05, 3.63) is 34.4 Å². The number of halogens is 4. The highest BCUT2D eigenvalue weighted by Crippen LogP contribution is 2.30. The molecule has 15 heteroatoms. The molecule has 1 heterocycles. The highest BCUT2D eigenvalue weighted by atomic mass is 79.9.